The molecular formula is C34H37N3O7S. The maximum atomic E-state index is 14.5. The number of sulfonamides is 1. The minimum absolute atomic E-state index is 0.0534. The van der Waals surface area contributed by atoms with E-state index in [1.54, 1.807) is 51.4 Å². The van der Waals surface area contributed by atoms with E-state index in [1.807, 2.05) is 48.5 Å². The van der Waals surface area contributed by atoms with Crippen LogP contribution in [0.4, 0.5) is 5.88 Å². The van der Waals surface area contributed by atoms with Gasteiger partial charge < -0.3 is 23.5 Å². The number of aliphatic hydroxyl groups is 1. The Hall–Kier alpha value is -4.29. The van der Waals surface area contributed by atoms with Crippen LogP contribution in [0.2, 0.25) is 0 Å². The third kappa shape index (κ3) is 7.51. The number of nitrogens with zero attached hydrogens (tertiary/aromatic N) is 3. The number of rotatable bonds is 15. The Kier molecular flexibility index (Phi) is 10.5. The lowest BCUT2D eigenvalue weighted by Gasteiger charge is -2.24. The molecule has 0 saturated carbocycles. The van der Waals surface area contributed by atoms with Crippen LogP contribution in [-0.2, 0) is 32.3 Å². The zero-order valence-corrected chi connectivity index (χ0v) is 26.4. The average molecular weight is 632 g/mol. The second kappa shape index (κ2) is 14.7. The summed E-state index contributed by atoms with van der Waals surface area (Å²) in [5.74, 6) is 0.508. The van der Waals surface area contributed by atoms with Gasteiger partial charge in [0.25, 0.3) is 10.0 Å². The van der Waals surface area contributed by atoms with E-state index >= 15 is 0 Å². The molecule has 2 heterocycles. The Morgan fingerprint density at radius 2 is 1.76 bits per heavy atom. The van der Waals surface area contributed by atoms with Gasteiger partial charge in [-0.15, -0.1) is 0 Å². The SMILES string of the molecule is COCCOCN(c1onc(C)c1C)S(=O)(=O)c1ccccc1-c1ccc(-c2ncco2)cc1CC(O)CCc1ccccc1. The lowest BCUT2D eigenvalue weighted by atomic mass is 9.92. The fourth-order valence-corrected chi connectivity index (χ4v) is 6.60. The highest BCUT2D eigenvalue weighted by atomic mass is 32.2. The van der Waals surface area contributed by atoms with E-state index in [9.17, 15) is 13.5 Å². The van der Waals surface area contributed by atoms with Crippen molar-refractivity contribution in [1.29, 1.82) is 0 Å². The van der Waals surface area contributed by atoms with Crippen molar-refractivity contribution >= 4 is 15.9 Å². The molecule has 1 N–H and O–H groups in total. The molecule has 0 bridgehead atoms. The summed E-state index contributed by atoms with van der Waals surface area (Å²) in [5.41, 5.74) is 4.89. The monoisotopic (exact) mass is 631 g/mol. The molecule has 45 heavy (non-hydrogen) atoms. The number of anilines is 1. The smallest absolute Gasteiger partial charge is 0.269 e. The standard InChI is InChI=1S/C34H37N3O7S/c1-24-25(2)36-44-34(24)37(23-42-20-19-41-3)45(39,40)32-12-8-7-11-31(32)30-16-14-27(33-35-17-18-43-33)21-28(30)22-29(38)15-13-26-9-5-4-6-10-26/h4-12,14,16-18,21,29,38H,13,15,19-20,22-23H2,1-3H3. The Bertz CT molecular complexity index is 1790. The summed E-state index contributed by atoms with van der Waals surface area (Å²) in [4.78, 5) is 4.33. The largest absolute Gasteiger partial charge is 0.445 e. The normalized spacial score (nSPS) is 12.4. The first-order chi connectivity index (χ1) is 21.8. The molecule has 0 aliphatic heterocycles. The molecular weight excluding hydrogens is 594 g/mol. The van der Waals surface area contributed by atoms with Gasteiger partial charge in [-0.2, -0.15) is 0 Å². The summed E-state index contributed by atoms with van der Waals surface area (Å²) in [6.45, 7) is 3.68. The lowest BCUT2D eigenvalue weighted by molar-refractivity contribution is 0.0744. The van der Waals surface area contributed by atoms with Gasteiger partial charge in [0.15, 0.2) is 0 Å². The highest BCUT2D eigenvalue weighted by Gasteiger charge is 2.33. The van der Waals surface area contributed by atoms with E-state index in [4.69, 9.17) is 18.4 Å². The zero-order valence-electron chi connectivity index (χ0n) is 25.5. The molecule has 5 aromatic rings. The van der Waals surface area contributed by atoms with E-state index in [0.29, 0.717) is 47.7 Å². The number of benzene rings is 3. The molecule has 0 aliphatic carbocycles. The van der Waals surface area contributed by atoms with Crippen LogP contribution in [0.25, 0.3) is 22.6 Å². The van der Waals surface area contributed by atoms with Crippen LogP contribution in [0.15, 0.2) is 99.1 Å². The van der Waals surface area contributed by atoms with Crippen molar-refractivity contribution < 1.29 is 31.9 Å². The molecule has 1 atom stereocenters. The molecule has 3 aromatic carbocycles. The van der Waals surface area contributed by atoms with Gasteiger partial charge in [-0.1, -0.05) is 59.8 Å². The van der Waals surface area contributed by atoms with Crippen molar-refractivity contribution in [1.82, 2.24) is 10.1 Å². The fourth-order valence-electron chi connectivity index (χ4n) is 5.05. The topological polar surface area (TPSA) is 128 Å². The van der Waals surface area contributed by atoms with Crippen LogP contribution < -0.4 is 4.31 Å². The van der Waals surface area contributed by atoms with Crippen LogP contribution in [0, 0.1) is 13.8 Å². The van der Waals surface area contributed by atoms with Gasteiger partial charge in [0.05, 0.1) is 36.1 Å². The van der Waals surface area contributed by atoms with E-state index in [-0.39, 0.29) is 30.5 Å². The maximum Gasteiger partial charge on any atom is 0.269 e. The number of oxazole rings is 1. The molecule has 10 nitrogen and oxygen atoms in total. The molecule has 0 aliphatic rings. The first-order valence-corrected chi connectivity index (χ1v) is 16.1. The summed E-state index contributed by atoms with van der Waals surface area (Å²) in [6, 6.07) is 22.3. The molecule has 2 aromatic heterocycles. The van der Waals surface area contributed by atoms with Gasteiger partial charge in [0, 0.05) is 23.8 Å². The minimum atomic E-state index is -4.23. The second-order valence-corrected chi connectivity index (χ2v) is 12.5. The molecule has 0 amide bonds. The van der Waals surface area contributed by atoms with E-state index in [1.165, 1.54) is 6.26 Å². The van der Waals surface area contributed by atoms with Crippen LogP contribution >= 0.6 is 0 Å². The summed E-state index contributed by atoms with van der Waals surface area (Å²) < 4.78 is 51.8. The van der Waals surface area contributed by atoms with E-state index < -0.39 is 16.1 Å². The molecule has 0 radical (unpaired) electrons. The number of aliphatic hydroxyl groups excluding tert-OH is 1. The first kappa shape index (κ1) is 32.1. The van der Waals surface area contributed by atoms with Crippen LogP contribution in [-0.4, -0.2) is 56.8 Å². The van der Waals surface area contributed by atoms with Gasteiger partial charge in [0.2, 0.25) is 11.8 Å². The van der Waals surface area contributed by atoms with E-state index in [0.717, 1.165) is 21.0 Å². The van der Waals surface area contributed by atoms with Gasteiger partial charge >= 0.3 is 0 Å². The van der Waals surface area contributed by atoms with Gasteiger partial charge in [-0.05, 0) is 68.0 Å². The van der Waals surface area contributed by atoms with Crippen molar-refractivity contribution in [2.45, 2.75) is 44.1 Å². The Balaban J connectivity index is 1.54. The third-order valence-corrected chi connectivity index (χ3v) is 9.36. The molecule has 236 valence electrons. The van der Waals surface area contributed by atoms with Crippen molar-refractivity contribution in [3.8, 4) is 22.6 Å². The molecule has 0 saturated heterocycles. The summed E-state index contributed by atoms with van der Waals surface area (Å²) in [5, 5.41) is 15.2. The summed E-state index contributed by atoms with van der Waals surface area (Å²) in [6.07, 6.45) is 3.90. The van der Waals surface area contributed by atoms with Crippen molar-refractivity contribution in [2.24, 2.45) is 0 Å². The van der Waals surface area contributed by atoms with Gasteiger partial charge in [-0.25, -0.2) is 17.7 Å². The number of hydrogen-bond acceptors (Lipinski definition) is 9. The number of methoxy groups -OCH3 is 1. The van der Waals surface area contributed by atoms with Crippen LogP contribution in [0.5, 0.6) is 0 Å². The zero-order chi connectivity index (χ0) is 31.8. The van der Waals surface area contributed by atoms with Crippen molar-refractivity contribution in [2.75, 3.05) is 31.4 Å². The summed E-state index contributed by atoms with van der Waals surface area (Å²) >= 11 is 0. The lowest BCUT2D eigenvalue weighted by Crippen LogP contribution is -2.34. The molecule has 0 fully saturated rings. The number of aromatic nitrogens is 2. The van der Waals surface area contributed by atoms with E-state index in [2.05, 4.69) is 10.1 Å². The molecule has 11 heteroatoms. The Morgan fingerprint density at radius 1 is 0.978 bits per heavy atom. The quantitative estimate of drug-likeness (QED) is 0.110. The average Bonchev–Trinajstić information content (AvgIpc) is 3.71. The predicted molar refractivity (Wildman–Crippen MR) is 170 cm³/mol. The maximum absolute atomic E-state index is 14.5. The highest BCUT2D eigenvalue weighted by molar-refractivity contribution is 7.93. The third-order valence-electron chi connectivity index (χ3n) is 7.59. The highest BCUT2D eigenvalue weighted by Crippen LogP contribution is 2.37. The number of ether oxygens (including phenoxy) is 2. The number of aryl methyl sites for hydroxylation is 2. The minimum Gasteiger partial charge on any atom is -0.445 e. The summed E-state index contributed by atoms with van der Waals surface area (Å²) in [7, 11) is -2.69. The molecule has 0 spiro atoms. The fraction of sp³-hybridized carbons (Fsp3) is 0.294. The Labute approximate surface area is 263 Å². The van der Waals surface area contributed by atoms with Crippen LogP contribution in [0.3, 0.4) is 0 Å². The molecule has 5 rings (SSSR count). The van der Waals surface area contributed by atoms with Gasteiger partial charge in [0.1, 0.15) is 13.0 Å². The van der Waals surface area contributed by atoms with Crippen molar-refractivity contribution in [3.05, 3.63) is 108 Å². The first-order valence-electron chi connectivity index (χ1n) is 14.7. The predicted octanol–water partition coefficient (Wildman–Crippen LogP) is 5.97. The van der Waals surface area contributed by atoms with Crippen molar-refractivity contribution in [3.63, 3.8) is 0 Å². The Morgan fingerprint density at radius 3 is 2.47 bits per heavy atom. The number of hydrogen-bond donors (Lipinski definition) is 1. The second-order valence-electron chi connectivity index (χ2n) is 10.7. The molecule has 1 unspecified atom stereocenters. The van der Waals surface area contributed by atoms with Crippen LogP contribution in [0.1, 0.15) is 28.8 Å². The van der Waals surface area contributed by atoms with Gasteiger partial charge in [-0.3, -0.25) is 0 Å².